The van der Waals surface area contributed by atoms with Crippen LogP contribution in [0, 0.1) is 5.92 Å². The van der Waals surface area contributed by atoms with Crippen molar-refractivity contribution in [2.75, 3.05) is 28.9 Å². The lowest BCUT2D eigenvalue weighted by Crippen LogP contribution is -2.26. The van der Waals surface area contributed by atoms with Crippen LogP contribution in [0.5, 0.6) is 0 Å². The van der Waals surface area contributed by atoms with Gasteiger partial charge < -0.3 is 11.1 Å². The minimum absolute atomic E-state index is 0.265. The number of hydrogen-bond acceptors (Lipinski definition) is 4. The number of nitrogens with one attached hydrogen (secondary N) is 1. The summed E-state index contributed by atoms with van der Waals surface area (Å²) in [5.74, 6) is 0.814. The van der Waals surface area contributed by atoms with Gasteiger partial charge in [-0.1, -0.05) is 50.3 Å². The van der Waals surface area contributed by atoms with Crippen molar-refractivity contribution in [2.24, 2.45) is 5.92 Å². The smallest absolute Gasteiger partial charge is 0.264 e. The molecule has 146 valence electrons. The Morgan fingerprint density at radius 2 is 1.78 bits per heavy atom. The third kappa shape index (κ3) is 4.75. The summed E-state index contributed by atoms with van der Waals surface area (Å²) >= 11 is 0. The molecular weight excluding hydrogens is 358 g/mol. The van der Waals surface area contributed by atoms with Crippen LogP contribution in [-0.4, -0.2) is 22.0 Å². The zero-order valence-electron chi connectivity index (χ0n) is 15.9. The van der Waals surface area contributed by atoms with Crippen molar-refractivity contribution in [2.45, 2.75) is 43.4 Å². The highest BCUT2D eigenvalue weighted by Crippen LogP contribution is 2.29. The van der Waals surface area contributed by atoms with Crippen LogP contribution < -0.4 is 15.4 Å². The quantitative estimate of drug-likeness (QED) is 0.687. The van der Waals surface area contributed by atoms with E-state index in [-0.39, 0.29) is 4.90 Å². The highest BCUT2D eigenvalue weighted by Gasteiger charge is 2.21. The first-order valence-electron chi connectivity index (χ1n) is 9.66. The molecule has 0 heterocycles. The largest absolute Gasteiger partial charge is 0.397 e. The first-order valence-corrected chi connectivity index (χ1v) is 11.1. The molecule has 0 bridgehead atoms. The molecule has 3 N–H and O–H groups in total. The summed E-state index contributed by atoms with van der Waals surface area (Å²) in [7, 11) is -2.05. The fourth-order valence-electron chi connectivity index (χ4n) is 3.68. The molecule has 2 aromatic rings. The summed E-state index contributed by atoms with van der Waals surface area (Å²) in [6.45, 7) is 0.895. The van der Waals surface area contributed by atoms with Gasteiger partial charge in [-0.25, -0.2) is 8.42 Å². The molecule has 0 radical (unpaired) electrons. The van der Waals surface area contributed by atoms with E-state index in [1.54, 1.807) is 49.5 Å². The van der Waals surface area contributed by atoms with Crippen LogP contribution >= 0.6 is 0 Å². The van der Waals surface area contributed by atoms with Crippen molar-refractivity contribution in [3.05, 3.63) is 48.5 Å². The standard InChI is InChI=1S/C21H29N3O2S/c1-24(27(25,26)19-10-6-3-7-11-19)18-12-13-21(20(22)16-18)23-15-14-17-8-4-2-5-9-17/h3,6-7,10-13,16-17,23H,2,4-5,8-9,14-15,22H2,1H3. The minimum Gasteiger partial charge on any atom is -0.397 e. The summed E-state index contributed by atoms with van der Waals surface area (Å²) in [4.78, 5) is 0.265. The van der Waals surface area contributed by atoms with Crippen molar-refractivity contribution in [3.63, 3.8) is 0 Å². The summed E-state index contributed by atoms with van der Waals surface area (Å²) in [5, 5.41) is 3.40. The Labute approximate surface area is 162 Å². The Hall–Kier alpha value is -2.21. The van der Waals surface area contributed by atoms with Crippen LogP contribution in [0.15, 0.2) is 53.4 Å². The van der Waals surface area contributed by atoms with Gasteiger partial charge in [0.1, 0.15) is 0 Å². The lowest BCUT2D eigenvalue weighted by Gasteiger charge is -2.23. The fraction of sp³-hybridized carbons (Fsp3) is 0.429. The molecule has 0 aliphatic heterocycles. The van der Waals surface area contributed by atoms with E-state index >= 15 is 0 Å². The van der Waals surface area contributed by atoms with Gasteiger partial charge in [0, 0.05) is 13.6 Å². The van der Waals surface area contributed by atoms with Gasteiger partial charge in [-0.2, -0.15) is 0 Å². The lowest BCUT2D eigenvalue weighted by atomic mass is 9.87. The second-order valence-corrected chi connectivity index (χ2v) is 9.25. The van der Waals surface area contributed by atoms with Crippen molar-refractivity contribution in [1.29, 1.82) is 0 Å². The van der Waals surface area contributed by atoms with Gasteiger partial charge in [0.25, 0.3) is 10.0 Å². The predicted molar refractivity (Wildman–Crippen MR) is 113 cm³/mol. The van der Waals surface area contributed by atoms with Gasteiger partial charge in [-0.05, 0) is 42.7 Å². The molecule has 27 heavy (non-hydrogen) atoms. The molecule has 0 atom stereocenters. The Kier molecular flexibility index (Phi) is 6.26. The molecule has 5 nitrogen and oxygen atoms in total. The molecule has 2 aromatic carbocycles. The first kappa shape index (κ1) is 19.5. The maximum atomic E-state index is 12.7. The molecule has 3 rings (SSSR count). The van der Waals surface area contributed by atoms with Crippen molar-refractivity contribution >= 4 is 27.1 Å². The van der Waals surface area contributed by atoms with Gasteiger partial charge >= 0.3 is 0 Å². The minimum atomic E-state index is -3.60. The Bertz CT molecular complexity index is 847. The van der Waals surface area contributed by atoms with E-state index in [0.29, 0.717) is 11.4 Å². The molecule has 0 aromatic heterocycles. The van der Waals surface area contributed by atoms with Gasteiger partial charge in [0.15, 0.2) is 0 Å². The zero-order chi connectivity index (χ0) is 19.3. The van der Waals surface area contributed by atoms with Crippen LogP contribution in [0.1, 0.15) is 38.5 Å². The SMILES string of the molecule is CN(c1ccc(NCCC2CCCCC2)c(N)c1)S(=O)(=O)c1ccccc1. The van der Waals surface area contributed by atoms with Crippen LogP contribution in [-0.2, 0) is 10.0 Å². The number of anilines is 3. The Morgan fingerprint density at radius 1 is 1.07 bits per heavy atom. The molecule has 6 heteroatoms. The number of rotatable bonds is 7. The van der Waals surface area contributed by atoms with Gasteiger partial charge in [-0.3, -0.25) is 4.31 Å². The van der Waals surface area contributed by atoms with Crippen molar-refractivity contribution < 1.29 is 8.42 Å². The molecule has 0 amide bonds. The number of nitrogen functional groups attached to an aromatic ring is 1. The number of nitrogens with zero attached hydrogens (tertiary/aromatic N) is 1. The van der Waals surface area contributed by atoms with Gasteiger partial charge in [0.2, 0.25) is 0 Å². The summed E-state index contributed by atoms with van der Waals surface area (Å²) < 4.78 is 26.8. The molecule has 1 fully saturated rings. The van der Waals surface area contributed by atoms with E-state index in [4.69, 9.17) is 5.73 Å². The zero-order valence-corrected chi connectivity index (χ0v) is 16.7. The maximum absolute atomic E-state index is 12.7. The third-order valence-electron chi connectivity index (χ3n) is 5.39. The molecule has 1 saturated carbocycles. The monoisotopic (exact) mass is 387 g/mol. The van der Waals surface area contributed by atoms with Crippen molar-refractivity contribution in [1.82, 2.24) is 0 Å². The molecular formula is C21H29N3O2S. The molecule has 0 saturated heterocycles. The van der Waals surface area contributed by atoms with Gasteiger partial charge in [-0.15, -0.1) is 0 Å². The topological polar surface area (TPSA) is 75.4 Å². The van der Waals surface area contributed by atoms with E-state index in [0.717, 1.165) is 24.6 Å². The van der Waals surface area contributed by atoms with E-state index in [1.165, 1.54) is 36.4 Å². The highest BCUT2D eigenvalue weighted by atomic mass is 32.2. The predicted octanol–water partition coefficient (Wildman–Crippen LogP) is 4.48. The Balaban J connectivity index is 1.65. The average Bonchev–Trinajstić information content (AvgIpc) is 2.70. The summed E-state index contributed by atoms with van der Waals surface area (Å²) in [6, 6.07) is 13.8. The summed E-state index contributed by atoms with van der Waals surface area (Å²) in [5.41, 5.74) is 8.15. The molecule has 1 aliphatic carbocycles. The number of benzene rings is 2. The van der Waals surface area contributed by atoms with Crippen LogP contribution in [0.25, 0.3) is 0 Å². The molecule has 0 spiro atoms. The van der Waals surface area contributed by atoms with Crippen molar-refractivity contribution in [3.8, 4) is 0 Å². The summed E-state index contributed by atoms with van der Waals surface area (Å²) in [6.07, 6.45) is 7.89. The normalized spacial score (nSPS) is 15.4. The number of nitrogens with two attached hydrogens (primary N) is 1. The number of sulfonamides is 1. The van der Waals surface area contributed by atoms with Gasteiger partial charge in [0.05, 0.1) is 22.0 Å². The molecule has 1 aliphatic rings. The van der Waals surface area contributed by atoms with E-state index < -0.39 is 10.0 Å². The second-order valence-electron chi connectivity index (χ2n) is 7.28. The first-order chi connectivity index (χ1) is 13.0. The fourth-order valence-corrected chi connectivity index (χ4v) is 4.89. The maximum Gasteiger partial charge on any atom is 0.264 e. The van der Waals surface area contributed by atoms with E-state index in [2.05, 4.69) is 5.32 Å². The highest BCUT2D eigenvalue weighted by molar-refractivity contribution is 7.92. The van der Waals surface area contributed by atoms with E-state index in [1.807, 2.05) is 6.07 Å². The van der Waals surface area contributed by atoms with Crippen LogP contribution in [0.2, 0.25) is 0 Å². The Morgan fingerprint density at radius 3 is 2.44 bits per heavy atom. The average molecular weight is 388 g/mol. The van der Waals surface area contributed by atoms with Crippen LogP contribution in [0.3, 0.4) is 0 Å². The second kappa shape index (κ2) is 8.65. The lowest BCUT2D eigenvalue weighted by molar-refractivity contribution is 0.345. The molecule has 0 unspecified atom stereocenters. The third-order valence-corrected chi connectivity index (χ3v) is 7.19. The van der Waals surface area contributed by atoms with Crippen LogP contribution in [0.4, 0.5) is 17.1 Å². The van der Waals surface area contributed by atoms with E-state index in [9.17, 15) is 8.42 Å². The number of hydrogen-bond donors (Lipinski definition) is 2.